The first kappa shape index (κ1) is 28.8. The zero-order chi connectivity index (χ0) is 31.1. The molecule has 2 saturated heterocycles. The third kappa shape index (κ3) is 3.81. The van der Waals surface area contributed by atoms with Gasteiger partial charge < -0.3 is 9.84 Å². The Hall–Kier alpha value is -3.95. The van der Waals surface area contributed by atoms with Gasteiger partial charge in [-0.3, -0.25) is 24.1 Å². The molecule has 6 atom stereocenters. The summed E-state index contributed by atoms with van der Waals surface area (Å²) in [7, 11) is 2.94. The van der Waals surface area contributed by atoms with Gasteiger partial charge in [0.2, 0.25) is 23.6 Å². The van der Waals surface area contributed by atoms with Crippen molar-refractivity contribution < 1.29 is 29.0 Å². The molecule has 4 amide bonds. The number of ether oxygens (including phenoxy) is 1. The van der Waals surface area contributed by atoms with Gasteiger partial charge in [0.05, 0.1) is 36.0 Å². The van der Waals surface area contributed by atoms with Gasteiger partial charge in [-0.2, -0.15) is 0 Å². The molecular formula is C34H28BrClN2O6. The van der Waals surface area contributed by atoms with E-state index in [4.69, 9.17) is 16.3 Å². The van der Waals surface area contributed by atoms with Gasteiger partial charge in [-0.15, -0.1) is 0 Å². The van der Waals surface area contributed by atoms with Crippen LogP contribution in [0.4, 0.5) is 5.69 Å². The van der Waals surface area contributed by atoms with Crippen LogP contribution in [0.2, 0.25) is 5.02 Å². The summed E-state index contributed by atoms with van der Waals surface area (Å²) in [4.78, 5) is 58.9. The van der Waals surface area contributed by atoms with Crippen molar-refractivity contribution in [2.75, 3.05) is 19.1 Å². The maximum Gasteiger partial charge on any atom is 0.246 e. The molecule has 8 nitrogen and oxygen atoms in total. The van der Waals surface area contributed by atoms with Gasteiger partial charge >= 0.3 is 0 Å². The Balaban J connectivity index is 1.56. The van der Waals surface area contributed by atoms with Crippen molar-refractivity contribution in [3.8, 4) is 11.5 Å². The number of carbonyl (C=O) groups is 4. The predicted molar refractivity (Wildman–Crippen MR) is 166 cm³/mol. The minimum atomic E-state index is -1.49. The normalized spacial score (nSPS) is 29.4. The van der Waals surface area contributed by atoms with Gasteiger partial charge in [0, 0.05) is 28.0 Å². The fourth-order valence-electron chi connectivity index (χ4n) is 8.22. The van der Waals surface area contributed by atoms with Crippen molar-refractivity contribution in [3.63, 3.8) is 0 Å². The Morgan fingerprint density at radius 1 is 0.955 bits per heavy atom. The van der Waals surface area contributed by atoms with E-state index in [1.165, 1.54) is 24.0 Å². The van der Waals surface area contributed by atoms with Crippen molar-refractivity contribution >= 4 is 56.8 Å². The molecule has 2 aliphatic carbocycles. The lowest BCUT2D eigenvalue weighted by atomic mass is 9.49. The van der Waals surface area contributed by atoms with E-state index in [1.54, 1.807) is 36.4 Å². The molecule has 10 heteroatoms. The second-order valence-electron chi connectivity index (χ2n) is 11.9. The van der Waals surface area contributed by atoms with Gasteiger partial charge in [-0.25, -0.2) is 4.90 Å². The minimum absolute atomic E-state index is 0.161. The molecule has 0 aromatic heterocycles. The fourth-order valence-corrected chi connectivity index (χ4v) is 8.85. The number of likely N-dealkylation sites (tertiary alicyclic amines) is 1. The fraction of sp³-hybridized carbons (Fsp3) is 0.294. The molecular weight excluding hydrogens is 648 g/mol. The zero-order valence-electron chi connectivity index (χ0n) is 23.9. The molecule has 0 bridgehead atoms. The Labute approximate surface area is 267 Å². The highest BCUT2D eigenvalue weighted by Gasteiger charge is 2.70. The number of methoxy groups -OCH3 is 1. The molecule has 1 saturated carbocycles. The van der Waals surface area contributed by atoms with Gasteiger partial charge in [0.1, 0.15) is 0 Å². The van der Waals surface area contributed by atoms with E-state index in [0.717, 1.165) is 5.57 Å². The molecule has 6 unspecified atom stereocenters. The number of hydrogen-bond acceptors (Lipinski definition) is 6. The molecule has 7 rings (SSSR count). The van der Waals surface area contributed by atoms with Crippen LogP contribution in [-0.4, -0.2) is 47.8 Å². The van der Waals surface area contributed by atoms with E-state index in [2.05, 4.69) is 15.9 Å². The first-order valence-electron chi connectivity index (χ1n) is 14.4. The maximum atomic E-state index is 15.2. The second-order valence-corrected chi connectivity index (χ2v) is 13.2. The molecule has 224 valence electrons. The summed E-state index contributed by atoms with van der Waals surface area (Å²) < 4.78 is 6.13. The number of phenols is 1. The molecule has 3 aromatic carbocycles. The van der Waals surface area contributed by atoms with Crippen LogP contribution in [0.3, 0.4) is 0 Å². The standard InChI is InChI=1S/C34H28BrClN2O6/c1-37-30(40)22-12-11-21-23(27(22)32(37)42)16-25-31(41)38(20-10-6-9-19(36)15-20)33(43)34(25,17-7-4-3-5-8-17)28(21)24-13-18(35)14-26(44-2)29(24)39/h3-11,13-15,22-23,25,27-28,39H,12,16H2,1-2H3. The van der Waals surface area contributed by atoms with Gasteiger partial charge in [0.15, 0.2) is 11.5 Å². The van der Waals surface area contributed by atoms with Gasteiger partial charge in [-0.05, 0) is 54.7 Å². The summed E-state index contributed by atoms with van der Waals surface area (Å²) in [5.74, 6) is -4.88. The van der Waals surface area contributed by atoms with E-state index in [9.17, 15) is 19.5 Å². The Bertz CT molecular complexity index is 1790. The number of phenolic OH excluding ortho intramolecular Hbond substituents is 1. The van der Waals surface area contributed by atoms with Gasteiger partial charge in [-0.1, -0.05) is 75.6 Å². The number of rotatable bonds is 4. The lowest BCUT2D eigenvalue weighted by molar-refractivity contribution is -0.138. The number of imide groups is 2. The summed E-state index contributed by atoms with van der Waals surface area (Å²) in [5, 5.41) is 12.1. The van der Waals surface area contributed by atoms with Crippen LogP contribution < -0.4 is 9.64 Å². The van der Waals surface area contributed by atoms with E-state index in [1.807, 2.05) is 36.4 Å². The van der Waals surface area contributed by atoms with Crippen LogP contribution in [0.5, 0.6) is 11.5 Å². The number of fused-ring (bicyclic) bond motifs is 4. The minimum Gasteiger partial charge on any atom is -0.504 e. The number of hydrogen-bond donors (Lipinski definition) is 1. The number of amides is 4. The van der Waals surface area contributed by atoms with E-state index < -0.39 is 46.8 Å². The lowest BCUT2D eigenvalue weighted by Gasteiger charge is -2.50. The van der Waals surface area contributed by atoms with Crippen LogP contribution in [0.1, 0.15) is 29.9 Å². The predicted octanol–water partition coefficient (Wildman–Crippen LogP) is 5.61. The number of benzene rings is 3. The first-order chi connectivity index (χ1) is 21.1. The summed E-state index contributed by atoms with van der Waals surface area (Å²) in [6.07, 6.45) is 2.44. The molecule has 44 heavy (non-hydrogen) atoms. The highest BCUT2D eigenvalue weighted by atomic mass is 79.9. The molecule has 3 aromatic rings. The van der Waals surface area contributed by atoms with Crippen LogP contribution in [0.15, 0.2) is 82.9 Å². The number of halogens is 2. The lowest BCUT2D eigenvalue weighted by Crippen LogP contribution is -2.53. The largest absolute Gasteiger partial charge is 0.504 e. The molecule has 0 radical (unpaired) electrons. The number of carbonyl (C=O) groups excluding carboxylic acids is 4. The van der Waals surface area contributed by atoms with Crippen LogP contribution in [0.25, 0.3) is 0 Å². The quantitative estimate of drug-likeness (QED) is 0.285. The number of nitrogens with zero attached hydrogens (tertiary/aromatic N) is 2. The maximum absolute atomic E-state index is 15.2. The van der Waals surface area contributed by atoms with E-state index in [0.29, 0.717) is 32.7 Å². The molecule has 2 heterocycles. The molecule has 4 aliphatic rings. The Morgan fingerprint density at radius 3 is 2.41 bits per heavy atom. The van der Waals surface area contributed by atoms with Crippen molar-refractivity contribution in [2.45, 2.75) is 24.2 Å². The molecule has 1 N–H and O–H groups in total. The number of aromatic hydroxyl groups is 1. The third-order valence-electron chi connectivity index (χ3n) is 9.99. The summed E-state index contributed by atoms with van der Waals surface area (Å²) >= 11 is 9.89. The topological polar surface area (TPSA) is 104 Å². The molecule has 2 aliphatic heterocycles. The third-order valence-corrected chi connectivity index (χ3v) is 10.7. The van der Waals surface area contributed by atoms with Crippen molar-refractivity contribution in [1.29, 1.82) is 0 Å². The zero-order valence-corrected chi connectivity index (χ0v) is 26.2. The summed E-state index contributed by atoms with van der Waals surface area (Å²) in [6, 6.07) is 19.1. The average molecular weight is 676 g/mol. The Kier molecular flexibility index (Phi) is 6.75. The van der Waals surface area contributed by atoms with E-state index >= 15 is 4.79 Å². The van der Waals surface area contributed by atoms with Crippen molar-refractivity contribution in [1.82, 2.24) is 4.90 Å². The van der Waals surface area contributed by atoms with Crippen LogP contribution in [0, 0.1) is 23.7 Å². The van der Waals surface area contributed by atoms with Crippen LogP contribution >= 0.6 is 27.5 Å². The van der Waals surface area contributed by atoms with Crippen molar-refractivity contribution in [2.24, 2.45) is 23.7 Å². The van der Waals surface area contributed by atoms with Gasteiger partial charge in [0.25, 0.3) is 0 Å². The monoisotopic (exact) mass is 674 g/mol. The van der Waals surface area contributed by atoms with E-state index in [-0.39, 0.29) is 29.7 Å². The number of anilines is 1. The highest BCUT2D eigenvalue weighted by Crippen LogP contribution is 2.65. The number of allylic oxidation sites excluding steroid dienone is 2. The highest BCUT2D eigenvalue weighted by molar-refractivity contribution is 9.10. The Morgan fingerprint density at radius 2 is 1.70 bits per heavy atom. The molecule has 3 fully saturated rings. The SMILES string of the molecule is COc1cc(Br)cc(C2C3=CCC4C(=O)N(C)C(=O)C4C3CC3C(=O)N(c4cccc(Cl)c4)C(=O)C32c2ccccc2)c1O. The van der Waals surface area contributed by atoms with Crippen LogP contribution in [-0.2, 0) is 24.6 Å². The summed E-state index contributed by atoms with van der Waals surface area (Å²) in [6.45, 7) is 0. The molecule has 0 spiro atoms. The summed E-state index contributed by atoms with van der Waals surface area (Å²) in [5.41, 5.74) is 0.611. The second kappa shape index (κ2) is 10.3. The van der Waals surface area contributed by atoms with Crippen molar-refractivity contribution in [3.05, 3.63) is 99.0 Å². The average Bonchev–Trinajstić information content (AvgIpc) is 3.38. The first-order valence-corrected chi connectivity index (χ1v) is 15.6. The smallest absolute Gasteiger partial charge is 0.246 e.